The Hall–Kier alpha value is -2.96. The number of nitrogens with zero attached hydrogens (tertiary/aromatic N) is 5. The summed E-state index contributed by atoms with van der Waals surface area (Å²) in [6.45, 7) is 4.24. The molecule has 0 saturated heterocycles. The largest absolute Gasteiger partial charge is 0.451 e. The number of carbonyl (C=O) groups is 1. The Labute approximate surface area is 138 Å². The van der Waals surface area contributed by atoms with E-state index in [-0.39, 0.29) is 5.97 Å². The van der Waals surface area contributed by atoms with Crippen molar-refractivity contribution in [2.45, 2.75) is 26.0 Å². The highest BCUT2D eigenvalue weighted by Crippen LogP contribution is 2.39. The van der Waals surface area contributed by atoms with E-state index < -0.39 is 5.60 Å². The molecule has 0 N–H and O–H groups in total. The van der Waals surface area contributed by atoms with Crippen LogP contribution in [0.15, 0.2) is 36.7 Å². The maximum absolute atomic E-state index is 12.3. The smallest absolute Gasteiger partial charge is 0.343 e. The molecule has 122 valence electrons. The molecule has 0 saturated carbocycles. The van der Waals surface area contributed by atoms with Gasteiger partial charge in [-0.05, 0) is 32.0 Å². The van der Waals surface area contributed by atoms with Crippen molar-refractivity contribution in [3.05, 3.63) is 53.6 Å². The molecule has 0 spiro atoms. The molecule has 0 amide bonds. The van der Waals surface area contributed by atoms with Gasteiger partial charge >= 0.3 is 5.97 Å². The molecule has 1 aliphatic rings. The molecule has 3 aromatic heterocycles. The zero-order valence-electron chi connectivity index (χ0n) is 13.7. The standard InChI is InChI=1S/C17H17N5O2/c1-17(2)11-7-8-18-15(14(11)16(23)24-17)21(3)10-13-20-19-12-6-4-5-9-22(12)13/h4-9H,10H2,1-3H3. The number of aromatic nitrogens is 4. The van der Waals surface area contributed by atoms with E-state index in [4.69, 9.17) is 4.74 Å². The van der Waals surface area contributed by atoms with Crippen molar-refractivity contribution in [3.8, 4) is 0 Å². The molecule has 7 nitrogen and oxygen atoms in total. The van der Waals surface area contributed by atoms with E-state index >= 15 is 0 Å². The van der Waals surface area contributed by atoms with Gasteiger partial charge in [-0.3, -0.25) is 4.40 Å². The van der Waals surface area contributed by atoms with Crippen molar-refractivity contribution in [2.75, 3.05) is 11.9 Å². The lowest BCUT2D eigenvalue weighted by molar-refractivity contribution is 0.00957. The lowest BCUT2D eigenvalue weighted by Gasteiger charge is -2.20. The van der Waals surface area contributed by atoms with Crippen LogP contribution >= 0.6 is 0 Å². The molecule has 24 heavy (non-hydrogen) atoms. The first kappa shape index (κ1) is 14.6. The Morgan fingerprint density at radius 2 is 2.08 bits per heavy atom. The fraction of sp³-hybridized carbons (Fsp3) is 0.294. The maximum atomic E-state index is 12.3. The van der Waals surface area contributed by atoms with Gasteiger partial charge in [-0.15, -0.1) is 10.2 Å². The summed E-state index contributed by atoms with van der Waals surface area (Å²) in [5, 5.41) is 8.38. The normalized spacial score (nSPS) is 15.4. The SMILES string of the molecule is CN(Cc1nnc2ccccn12)c1nccc2c1C(=O)OC2(C)C. The Morgan fingerprint density at radius 3 is 2.92 bits per heavy atom. The molecule has 0 aliphatic carbocycles. The molecule has 3 aromatic rings. The average Bonchev–Trinajstić information content (AvgIpc) is 3.06. The minimum atomic E-state index is -0.632. The van der Waals surface area contributed by atoms with Gasteiger partial charge in [-0.25, -0.2) is 9.78 Å². The van der Waals surface area contributed by atoms with Crippen LogP contribution < -0.4 is 4.90 Å². The first-order chi connectivity index (χ1) is 11.5. The quantitative estimate of drug-likeness (QED) is 0.688. The third-order valence-corrected chi connectivity index (χ3v) is 4.26. The van der Waals surface area contributed by atoms with Gasteiger partial charge in [-0.1, -0.05) is 6.07 Å². The molecule has 0 aromatic carbocycles. The predicted octanol–water partition coefficient (Wildman–Crippen LogP) is 2.17. The van der Waals surface area contributed by atoms with E-state index in [2.05, 4.69) is 15.2 Å². The van der Waals surface area contributed by atoms with E-state index in [0.29, 0.717) is 17.9 Å². The van der Waals surface area contributed by atoms with Crippen molar-refractivity contribution in [1.82, 2.24) is 19.6 Å². The molecular formula is C17H17N5O2. The zero-order chi connectivity index (χ0) is 16.9. The molecule has 0 atom stereocenters. The second-order valence-electron chi connectivity index (χ2n) is 6.36. The first-order valence-corrected chi connectivity index (χ1v) is 7.70. The first-order valence-electron chi connectivity index (χ1n) is 7.70. The summed E-state index contributed by atoms with van der Waals surface area (Å²) in [7, 11) is 1.88. The summed E-state index contributed by atoms with van der Waals surface area (Å²) in [4.78, 5) is 18.6. The zero-order valence-corrected chi connectivity index (χ0v) is 13.7. The fourth-order valence-electron chi connectivity index (χ4n) is 3.07. The minimum absolute atomic E-state index is 0.337. The van der Waals surface area contributed by atoms with Gasteiger partial charge in [0.15, 0.2) is 11.5 Å². The summed E-state index contributed by atoms with van der Waals surface area (Å²) < 4.78 is 7.40. The number of hydrogen-bond acceptors (Lipinski definition) is 6. The van der Waals surface area contributed by atoms with Gasteiger partial charge in [0.05, 0.1) is 6.54 Å². The Bertz CT molecular complexity index is 947. The summed E-state index contributed by atoms with van der Waals surface area (Å²) in [5.41, 5.74) is 1.54. The molecule has 1 aliphatic heterocycles. The highest BCUT2D eigenvalue weighted by atomic mass is 16.6. The molecule has 0 bridgehead atoms. The molecule has 4 heterocycles. The number of hydrogen-bond donors (Lipinski definition) is 0. The molecule has 0 fully saturated rings. The summed E-state index contributed by atoms with van der Waals surface area (Å²) >= 11 is 0. The second-order valence-corrected chi connectivity index (χ2v) is 6.36. The molecule has 4 rings (SSSR count). The minimum Gasteiger partial charge on any atom is -0.451 e. The van der Waals surface area contributed by atoms with E-state index in [9.17, 15) is 4.79 Å². The number of anilines is 1. The lowest BCUT2D eigenvalue weighted by Crippen LogP contribution is -2.22. The van der Waals surface area contributed by atoms with Crippen LogP contribution in [0.25, 0.3) is 5.65 Å². The highest BCUT2D eigenvalue weighted by Gasteiger charge is 2.40. The number of cyclic esters (lactones) is 1. The van der Waals surface area contributed by atoms with Crippen LogP contribution in [0.4, 0.5) is 5.82 Å². The van der Waals surface area contributed by atoms with Crippen LogP contribution in [0.1, 0.15) is 35.6 Å². The van der Waals surface area contributed by atoms with E-state index in [1.807, 2.05) is 60.7 Å². The average molecular weight is 323 g/mol. The van der Waals surface area contributed by atoms with Crippen LogP contribution in [0.2, 0.25) is 0 Å². The molecule has 0 unspecified atom stereocenters. The van der Waals surface area contributed by atoms with E-state index in [1.165, 1.54) is 0 Å². The van der Waals surface area contributed by atoms with Crippen LogP contribution in [0.5, 0.6) is 0 Å². The number of carbonyl (C=O) groups excluding carboxylic acids is 1. The van der Waals surface area contributed by atoms with Crippen LogP contribution in [-0.2, 0) is 16.9 Å². The fourth-order valence-corrected chi connectivity index (χ4v) is 3.07. The molecule has 7 heteroatoms. The van der Waals surface area contributed by atoms with Crippen molar-refractivity contribution < 1.29 is 9.53 Å². The van der Waals surface area contributed by atoms with Gasteiger partial charge < -0.3 is 9.64 Å². The van der Waals surface area contributed by atoms with Crippen molar-refractivity contribution in [3.63, 3.8) is 0 Å². The summed E-state index contributed by atoms with van der Waals surface area (Å²) in [5.74, 6) is 1.03. The Balaban J connectivity index is 1.73. The van der Waals surface area contributed by atoms with Gasteiger partial charge in [0.1, 0.15) is 17.0 Å². The van der Waals surface area contributed by atoms with Gasteiger partial charge in [0, 0.05) is 25.0 Å². The van der Waals surface area contributed by atoms with E-state index in [1.54, 1.807) is 6.20 Å². The van der Waals surface area contributed by atoms with Crippen LogP contribution in [0, 0.1) is 0 Å². The number of ether oxygens (including phenoxy) is 1. The number of rotatable bonds is 3. The maximum Gasteiger partial charge on any atom is 0.343 e. The molecule has 0 radical (unpaired) electrons. The third kappa shape index (κ3) is 2.12. The van der Waals surface area contributed by atoms with Crippen molar-refractivity contribution in [1.29, 1.82) is 0 Å². The Morgan fingerprint density at radius 1 is 1.25 bits per heavy atom. The van der Waals surface area contributed by atoms with Gasteiger partial charge in [-0.2, -0.15) is 0 Å². The van der Waals surface area contributed by atoms with Gasteiger partial charge in [0.2, 0.25) is 0 Å². The van der Waals surface area contributed by atoms with Crippen LogP contribution in [0.3, 0.4) is 0 Å². The van der Waals surface area contributed by atoms with Crippen molar-refractivity contribution in [2.24, 2.45) is 0 Å². The summed E-state index contributed by atoms with van der Waals surface area (Å²) in [6, 6.07) is 7.58. The number of esters is 1. The topological polar surface area (TPSA) is 72.6 Å². The highest BCUT2D eigenvalue weighted by molar-refractivity contribution is 5.99. The lowest BCUT2D eigenvalue weighted by atomic mass is 9.97. The number of fused-ring (bicyclic) bond motifs is 2. The molecular weight excluding hydrogens is 306 g/mol. The number of pyridine rings is 2. The second kappa shape index (κ2) is 5.02. The van der Waals surface area contributed by atoms with Crippen LogP contribution in [-0.4, -0.2) is 32.6 Å². The Kier molecular flexibility index (Phi) is 3.06. The third-order valence-electron chi connectivity index (χ3n) is 4.26. The van der Waals surface area contributed by atoms with Gasteiger partial charge in [0.25, 0.3) is 0 Å². The monoisotopic (exact) mass is 323 g/mol. The van der Waals surface area contributed by atoms with E-state index in [0.717, 1.165) is 17.0 Å². The summed E-state index contributed by atoms with van der Waals surface area (Å²) in [6.07, 6.45) is 3.62. The predicted molar refractivity (Wildman–Crippen MR) is 87.8 cm³/mol. The van der Waals surface area contributed by atoms with Crippen molar-refractivity contribution >= 4 is 17.4 Å².